The molecule has 0 atom stereocenters. The molecule has 5 heteroatoms. The van der Waals surface area contributed by atoms with Crippen molar-refractivity contribution in [2.45, 2.75) is 6.92 Å². The van der Waals surface area contributed by atoms with Crippen LogP contribution in [0, 0.1) is 0 Å². The van der Waals surface area contributed by atoms with E-state index in [1.165, 1.54) is 18.3 Å². The molecule has 18 heavy (non-hydrogen) atoms. The number of ether oxygens (including phenoxy) is 1. The Hall–Kier alpha value is -2.14. The van der Waals surface area contributed by atoms with Crippen molar-refractivity contribution < 1.29 is 14.3 Å². The van der Waals surface area contributed by atoms with E-state index in [9.17, 15) is 9.59 Å². The molecule has 2 aromatic rings. The van der Waals surface area contributed by atoms with E-state index in [-0.39, 0.29) is 5.91 Å². The van der Waals surface area contributed by atoms with Crippen LogP contribution < -0.4 is 10.1 Å². The highest BCUT2D eigenvalue weighted by Gasteiger charge is 2.07. The van der Waals surface area contributed by atoms with Crippen molar-refractivity contribution in [3.8, 4) is 5.75 Å². The fourth-order valence-corrected chi connectivity index (χ4v) is 2.02. The molecule has 0 aliphatic rings. The van der Waals surface area contributed by atoms with E-state index in [2.05, 4.69) is 5.32 Å². The maximum absolute atomic E-state index is 11.8. The second-order valence-corrected chi connectivity index (χ2v) is 4.50. The van der Waals surface area contributed by atoms with Crippen LogP contribution in [0.5, 0.6) is 5.75 Å². The molecule has 0 spiro atoms. The van der Waals surface area contributed by atoms with Gasteiger partial charge in [-0.1, -0.05) is 12.1 Å². The van der Waals surface area contributed by atoms with Crippen molar-refractivity contribution in [2.24, 2.45) is 0 Å². The van der Waals surface area contributed by atoms with E-state index < -0.39 is 5.97 Å². The Morgan fingerprint density at radius 3 is 2.72 bits per heavy atom. The van der Waals surface area contributed by atoms with Gasteiger partial charge in [-0.2, -0.15) is 0 Å². The fourth-order valence-electron chi connectivity index (χ4n) is 1.40. The van der Waals surface area contributed by atoms with Crippen LogP contribution in [0.4, 0.5) is 5.69 Å². The predicted octanol–water partition coefficient (Wildman–Crippen LogP) is 2.93. The number of amides is 1. The molecule has 0 radical (unpaired) electrons. The minimum atomic E-state index is -0.392. The van der Waals surface area contributed by atoms with Crippen molar-refractivity contribution in [2.75, 3.05) is 5.32 Å². The first-order valence-electron chi connectivity index (χ1n) is 5.28. The van der Waals surface area contributed by atoms with Crippen LogP contribution in [0.25, 0.3) is 0 Å². The Labute approximate surface area is 108 Å². The van der Waals surface area contributed by atoms with Gasteiger partial charge >= 0.3 is 5.97 Å². The van der Waals surface area contributed by atoms with Gasteiger partial charge in [0.2, 0.25) is 0 Å². The number of esters is 1. The zero-order valence-corrected chi connectivity index (χ0v) is 10.5. The molecule has 92 valence electrons. The molecular weight excluding hydrogens is 250 g/mol. The van der Waals surface area contributed by atoms with Gasteiger partial charge in [-0.05, 0) is 23.6 Å². The van der Waals surface area contributed by atoms with Gasteiger partial charge in [0.15, 0.2) is 0 Å². The lowest BCUT2D eigenvalue weighted by atomic mass is 10.3. The van der Waals surface area contributed by atoms with Crippen molar-refractivity contribution >= 4 is 28.9 Å². The van der Waals surface area contributed by atoms with Crippen LogP contribution in [0.3, 0.4) is 0 Å². The number of benzene rings is 1. The maximum Gasteiger partial charge on any atom is 0.308 e. The first-order valence-corrected chi connectivity index (χ1v) is 6.16. The van der Waals surface area contributed by atoms with E-state index >= 15 is 0 Å². The Kier molecular flexibility index (Phi) is 3.74. The minimum absolute atomic E-state index is 0.176. The molecule has 1 N–H and O–H groups in total. The van der Waals surface area contributed by atoms with Crippen molar-refractivity contribution in [1.29, 1.82) is 0 Å². The van der Waals surface area contributed by atoms with Crippen molar-refractivity contribution in [1.82, 2.24) is 0 Å². The number of thiophene rings is 1. The Morgan fingerprint density at radius 2 is 2.06 bits per heavy atom. The molecule has 0 saturated carbocycles. The topological polar surface area (TPSA) is 55.4 Å². The summed E-state index contributed by atoms with van der Waals surface area (Å²) < 4.78 is 4.94. The lowest BCUT2D eigenvalue weighted by molar-refractivity contribution is -0.131. The standard InChI is InChI=1S/C13H11NO3S/c1-9(15)17-11-5-2-4-10(8-11)14-13(16)12-6-3-7-18-12/h2-8H,1H3,(H,14,16). The summed E-state index contributed by atoms with van der Waals surface area (Å²) in [4.78, 5) is 23.3. The van der Waals surface area contributed by atoms with Gasteiger partial charge in [0, 0.05) is 18.7 Å². The average Bonchev–Trinajstić information content (AvgIpc) is 2.81. The summed E-state index contributed by atoms with van der Waals surface area (Å²) in [6, 6.07) is 10.3. The fraction of sp³-hybridized carbons (Fsp3) is 0.0769. The minimum Gasteiger partial charge on any atom is -0.427 e. The molecule has 0 bridgehead atoms. The molecule has 1 heterocycles. The Bertz CT molecular complexity index is 563. The van der Waals surface area contributed by atoms with Gasteiger partial charge in [-0.3, -0.25) is 9.59 Å². The molecule has 0 saturated heterocycles. The van der Waals surface area contributed by atoms with Crippen LogP contribution in [0.2, 0.25) is 0 Å². The van der Waals surface area contributed by atoms with Crippen LogP contribution in [0.15, 0.2) is 41.8 Å². The number of hydrogen-bond donors (Lipinski definition) is 1. The molecule has 2 rings (SSSR count). The van der Waals surface area contributed by atoms with Gasteiger partial charge in [-0.25, -0.2) is 0 Å². The van der Waals surface area contributed by atoms with Gasteiger partial charge in [0.25, 0.3) is 5.91 Å². The molecule has 0 fully saturated rings. The summed E-state index contributed by atoms with van der Waals surface area (Å²) in [5, 5.41) is 4.58. The van der Waals surface area contributed by atoms with E-state index in [0.717, 1.165) is 0 Å². The molecule has 0 aliphatic carbocycles. The number of nitrogens with one attached hydrogen (secondary N) is 1. The summed E-state index contributed by atoms with van der Waals surface area (Å²) in [6.45, 7) is 1.33. The van der Waals surface area contributed by atoms with E-state index in [0.29, 0.717) is 16.3 Å². The van der Waals surface area contributed by atoms with Gasteiger partial charge in [0.1, 0.15) is 5.75 Å². The average molecular weight is 261 g/mol. The second kappa shape index (κ2) is 5.46. The van der Waals surface area contributed by atoms with Gasteiger partial charge < -0.3 is 10.1 Å². The number of carbonyl (C=O) groups is 2. The van der Waals surface area contributed by atoms with Crippen molar-refractivity contribution in [3.63, 3.8) is 0 Å². The van der Waals surface area contributed by atoms with Crippen LogP contribution >= 0.6 is 11.3 Å². The number of rotatable bonds is 3. The summed E-state index contributed by atoms with van der Waals surface area (Å²) in [5.74, 6) is -0.159. The molecule has 1 aromatic heterocycles. The van der Waals surface area contributed by atoms with Crippen LogP contribution in [-0.2, 0) is 4.79 Å². The summed E-state index contributed by atoms with van der Waals surface area (Å²) >= 11 is 1.37. The normalized spacial score (nSPS) is 9.83. The third-order valence-electron chi connectivity index (χ3n) is 2.10. The van der Waals surface area contributed by atoms with Gasteiger partial charge in [0.05, 0.1) is 4.88 Å². The first kappa shape index (κ1) is 12.3. The second-order valence-electron chi connectivity index (χ2n) is 3.55. The lowest BCUT2D eigenvalue weighted by Gasteiger charge is -2.06. The number of anilines is 1. The summed E-state index contributed by atoms with van der Waals surface area (Å²) in [7, 11) is 0. The largest absolute Gasteiger partial charge is 0.427 e. The van der Waals surface area contributed by atoms with E-state index in [1.54, 1.807) is 30.3 Å². The summed E-state index contributed by atoms with van der Waals surface area (Å²) in [5.41, 5.74) is 0.590. The number of carbonyl (C=O) groups excluding carboxylic acids is 2. The molecule has 1 amide bonds. The van der Waals surface area contributed by atoms with E-state index in [1.807, 2.05) is 11.4 Å². The molecule has 0 unspecified atom stereocenters. The van der Waals surface area contributed by atoms with E-state index in [4.69, 9.17) is 4.74 Å². The Morgan fingerprint density at radius 1 is 1.22 bits per heavy atom. The zero-order chi connectivity index (χ0) is 13.0. The molecule has 0 aliphatic heterocycles. The van der Waals surface area contributed by atoms with Crippen LogP contribution in [-0.4, -0.2) is 11.9 Å². The first-order chi connectivity index (χ1) is 8.65. The number of hydrogen-bond acceptors (Lipinski definition) is 4. The van der Waals surface area contributed by atoms with Gasteiger partial charge in [-0.15, -0.1) is 11.3 Å². The predicted molar refractivity (Wildman–Crippen MR) is 70.0 cm³/mol. The third kappa shape index (κ3) is 3.18. The highest BCUT2D eigenvalue weighted by Crippen LogP contribution is 2.19. The monoisotopic (exact) mass is 261 g/mol. The maximum atomic E-state index is 11.8. The van der Waals surface area contributed by atoms with Crippen LogP contribution in [0.1, 0.15) is 16.6 Å². The highest BCUT2D eigenvalue weighted by molar-refractivity contribution is 7.12. The smallest absolute Gasteiger partial charge is 0.308 e. The molecular formula is C13H11NO3S. The third-order valence-corrected chi connectivity index (χ3v) is 2.97. The van der Waals surface area contributed by atoms with Crippen molar-refractivity contribution in [3.05, 3.63) is 46.7 Å². The summed E-state index contributed by atoms with van der Waals surface area (Å²) in [6.07, 6.45) is 0. The molecule has 1 aromatic carbocycles. The molecule has 4 nitrogen and oxygen atoms in total. The Balaban J connectivity index is 2.10. The highest BCUT2D eigenvalue weighted by atomic mass is 32.1. The SMILES string of the molecule is CC(=O)Oc1cccc(NC(=O)c2cccs2)c1. The lowest BCUT2D eigenvalue weighted by Crippen LogP contribution is -2.10. The quantitative estimate of drug-likeness (QED) is 0.682. The zero-order valence-electron chi connectivity index (χ0n) is 9.67.